The minimum Gasteiger partial charge on any atom is -0.300 e. The Balaban J connectivity index is 4.15. The molecule has 0 rings (SSSR count). The summed E-state index contributed by atoms with van der Waals surface area (Å²) in [4.78, 5) is 14.3. The number of nitrogens with zero attached hydrogens (tertiary/aromatic N) is 1. The van der Waals surface area contributed by atoms with Crippen LogP contribution in [0, 0.1) is 0 Å². The fourth-order valence-corrected chi connectivity index (χ4v) is 0.630. The summed E-state index contributed by atoms with van der Waals surface area (Å²) in [5.74, 6) is 0.105. The van der Waals surface area contributed by atoms with Crippen LogP contribution in [0.25, 0.3) is 0 Å². The van der Waals surface area contributed by atoms with Crippen molar-refractivity contribution in [3.63, 3.8) is 0 Å². The Hall–Kier alpha value is -1.18. The van der Waals surface area contributed by atoms with Crippen LogP contribution in [0.3, 0.4) is 0 Å². The van der Waals surface area contributed by atoms with Gasteiger partial charge in [-0.1, -0.05) is 12.2 Å². The van der Waals surface area contributed by atoms with Crippen LogP contribution in [0.15, 0.2) is 28.9 Å². The maximum atomic E-state index is 10.6. The predicted molar refractivity (Wildman–Crippen MR) is 47.7 cm³/mol. The van der Waals surface area contributed by atoms with Gasteiger partial charge in [0, 0.05) is 12.1 Å². The van der Waals surface area contributed by atoms with E-state index in [1.807, 2.05) is 19.1 Å². The van der Waals surface area contributed by atoms with Crippen molar-refractivity contribution in [1.29, 1.82) is 0 Å². The quantitative estimate of drug-likeness (QED) is 0.447. The fourth-order valence-electron chi connectivity index (χ4n) is 0.630. The van der Waals surface area contributed by atoms with Gasteiger partial charge in [-0.25, -0.2) is 0 Å². The third-order valence-electron chi connectivity index (χ3n) is 1.11. The van der Waals surface area contributed by atoms with Gasteiger partial charge in [0.15, 0.2) is 0 Å². The highest BCUT2D eigenvalue weighted by Crippen LogP contribution is 2.02. The van der Waals surface area contributed by atoms with Crippen LogP contribution in [-0.4, -0.2) is 12.5 Å². The molecule has 0 saturated heterocycles. The molecule has 0 fully saturated rings. The molecule has 0 aliphatic heterocycles. The molecule has 2 nitrogen and oxygen atoms in total. The molecule has 0 aliphatic rings. The van der Waals surface area contributed by atoms with Crippen LogP contribution in [-0.2, 0) is 4.79 Å². The number of ketones is 1. The molecule has 2 heteroatoms. The number of hydrogen-bond acceptors (Lipinski definition) is 2. The van der Waals surface area contributed by atoms with E-state index < -0.39 is 0 Å². The number of aliphatic imine (C=N–C) groups is 1. The smallest absolute Gasteiger partial charge is 0.135 e. The van der Waals surface area contributed by atoms with E-state index >= 15 is 0 Å². The van der Waals surface area contributed by atoms with Gasteiger partial charge in [0.2, 0.25) is 0 Å². The second-order valence-corrected chi connectivity index (χ2v) is 2.22. The summed E-state index contributed by atoms with van der Waals surface area (Å²) >= 11 is 0. The number of hydrogen-bond donors (Lipinski definition) is 0. The highest BCUT2D eigenvalue weighted by Gasteiger charge is 1.95. The van der Waals surface area contributed by atoms with Crippen LogP contribution in [0.5, 0.6) is 0 Å². The predicted octanol–water partition coefficient (Wildman–Crippen LogP) is 2.13. The first-order valence-electron chi connectivity index (χ1n) is 3.48. The van der Waals surface area contributed by atoms with E-state index in [1.54, 1.807) is 6.08 Å². The summed E-state index contributed by atoms with van der Waals surface area (Å²) in [5.41, 5.74) is 0.718. The molecule has 0 heterocycles. The van der Waals surface area contributed by atoms with Gasteiger partial charge in [-0.05, 0) is 26.6 Å². The second-order valence-electron chi connectivity index (χ2n) is 2.22. The van der Waals surface area contributed by atoms with Crippen LogP contribution in [0.2, 0.25) is 0 Å². The molecule has 0 aromatic carbocycles. The lowest BCUT2D eigenvalue weighted by Gasteiger charge is -1.93. The van der Waals surface area contributed by atoms with E-state index in [0.29, 0.717) is 6.42 Å². The van der Waals surface area contributed by atoms with Gasteiger partial charge in [-0.3, -0.25) is 9.79 Å². The normalized spacial score (nSPS) is 12.0. The van der Waals surface area contributed by atoms with Gasteiger partial charge >= 0.3 is 0 Å². The summed E-state index contributed by atoms with van der Waals surface area (Å²) in [6.07, 6.45) is 5.88. The fraction of sp³-hybridized carbons (Fsp3) is 0.333. The number of allylic oxidation sites excluding steroid dienone is 4. The molecule has 0 amide bonds. The zero-order valence-corrected chi connectivity index (χ0v) is 7.00. The van der Waals surface area contributed by atoms with Gasteiger partial charge in [0.1, 0.15) is 5.78 Å². The highest BCUT2D eigenvalue weighted by atomic mass is 16.1. The molecule has 0 aromatic rings. The summed E-state index contributed by atoms with van der Waals surface area (Å²) in [7, 11) is 0. The number of Topliss-reactive ketones (excluding diaryl/α,β-unsaturated/α-hetero) is 1. The van der Waals surface area contributed by atoms with Crippen molar-refractivity contribution in [2.24, 2.45) is 4.99 Å². The third-order valence-corrected chi connectivity index (χ3v) is 1.11. The lowest BCUT2D eigenvalue weighted by molar-refractivity contribution is -0.116. The van der Waals surface area contributed by atoms with Gasteiger partial charge in [0.05, 0.1) is 0 Å². The molecule has 0 aliphatic carbocycles. The van der Waals surface area contributed by atoms with Crippen LogP contribution in [0.1, 0.15) is 20.3 Å². The van der Waals surface area contributed by atoms with Crippen molar-refractivity contribution < 1.29 is 4.79 Å². The first-order valence-corrected chi connectivity index (χ1v) is 3.48. The van der Waals surface area contributed by atoms with Crippen LogP contribution < -0.4 is 0 Å². The van der Waals surface area contributed by atoms with E-state index in [-0.39, 0.29) is 5.78 Å². The zero-order chi connectivity index (χ0) is 8.69. The molecule has 0 bridgehead atoms. The van der Waals surface area contributed by atoms with Crippen molar-refractivity contribution in [2.75, 3.05) is 0 Å². The SMILES string of the molecule is C=N/C(=C\C=C/C)CC(C)=O. The summed E-state index contributed by atoms with van der Waals surface area (Å²) in [5, 5.41) is 0. The number of carbonyl (C=O) groups is 1. The highest BCUT2D eigenvalue weighted by molar-refractivity contribution is 5.78. The molecule has 0 unspecified atom stereocenters. The molecule has 0 atom stereocenters. The molecule has 0 radical (unpaired) electrons. The minimum absolute atomic E-state index is 0.105. The molecule has 0 spiro atoms. The molecular formula is C9H13NO. The first kappa shape index (κ1) is 9.82. The Morgan fingerprint density at radius 3 is 2.64 bits per heavy atom. The summed E-state index contributed by atoms with van der Waals surface area (Å²) in [6, 6.07) is 0. The molecule has 0 aromatic heterocycles. The second kappa shape index (κ2) is 5.59. The van der Waals surface area contributed by atoms with E-state index in [4.69, 9.17) is 0 Å². The van der Waals surface area contributed by atoms with Crippen molar-refractivity contribution in [2.45, 2.75) is 20.3 Å². The Morgan fingerprint density at radius 2 is 2.27 bits per heavy atom. The molecule has 0 saturated carbocycles. The number of rotatable bonds is 4. The standard InChI is InChI=1S/C9H13NO/c1-4-5-6-9(10-3)7-8(2)11/h4-6H,3,7H2,1-2H3/b5-4-,9-6-. The largest absolute Gasteiger partial charge is 0.300 e. The molecule has 11 heavy (non-hydrogen) atoms. The number of carbonyl (C=O) groups excluding carboxylic acids is 1. The van der Waals surface area contributed by atoms with E-state index in [2.05, 4.69) is 11.7 Å². The van der Waals surface area contributed by atoms with Gasteiger partial charge in [0.25, 0.3) is 0 Å². The average Bonchev–Trinajstić information content (AvgIpc) is 1.97. The Labute approximate surface area is 67.3 Å². The van der Waals surface area contributed by atoms with E-state index in [9.17, 15) is 4.79 Å². The van der Waals surface area contributed by atoms with Crippen molar-refractivity contribution in [1.82, 2.24) is 0 Å². The van der Waals surface area contributed by atoms with Crippen LogP contribution in [0.4, 0.5) is 0 Å². The Morgan fingerprint density at radius 1 is 1.64 bits per heavy atom. The third kappa shape index (κ3) is 5.27. The summed E-state index contributed by atoms with van der Waals surface area (Å²) < 4.78 is 0. The first-order chi connectivity index (χ1) is 5.20. The minimum atomic E-state index is 0.105. The molecule has 60 valence electrons. The average molecular weight is 151 g/mol. The summed E-state index contributed by atoms with van der Waals surface area (Å²) in [6.45, 7) is 6.81. The van der Waals surface area contributed by atoms with Crippen molar-refractivity contribution in [3.05, 3.63) is 23.9 Å². The van der Waals surface area contributed by atoms with Gasteiger partial charge in [-0.15, -0.1) is 0 Å². The Kier molecular flexibility index (Phi) is 4.99. The monoisotopic (exact) mass is 151 g/mol. The van der Waals surface area contributed by atoms with Gasteiger partial charge in [-0.2, -0.15) is 0 Å². The topological polar surface area (TPSA) is 29.4 Å². The molecule has 0 N–H and O–H groups in total. The maximum absolute atomic E-state index is 10.6. The Bertz CT molecular complexity index is 202. The van der Waals surface area contributed by atoms with Crippen LogP contribution >= 0.6 is 0 Å². The van der Waals surface area contributed by atoms with E-state index in [1.165, 1.54) is 6.92 Å². The zero-order valence-electron chi connectivity index (χ0n) is 7.00. The van der Waals surface area contributed by atoms with Crippen molar-refractivity contribution in [3.8, 4) is 0 Å². The maximum Gasteiger partial charge on any atom is 0.135 e. The molecular weight excluding hydrogens is 138 g/mol. The lowest BCUT2D eigenvalue weighted by atomic mass is 10.2. The van der Waals surface area contributed by atoms with Gasteiger partial charge < -0.3 is 0 Å². The van der Waals surface area contributed by atoms with E-state index in [0.717, 1.165) is 5.70 Å². The van der Waals surface area contributed by atoms with Crippen molar-refractivity contribution >= 4 is 12.5 Å². The lowest BCUT2D eigenvalue weighted by Crippen LogP contribution is -1.90.